The number of aliphatic hydroxyl groups is 1. The Balaban J connectivity index is 2.33. The first-order valence-corrected chi connectivity index (χ1v) is 6.39. The lowest BCUT2D eigenvalue weighted by atomic mass is 10.0. The molecule has 1 fully saturated rings. The van der Waals surface area contributed by atoms with Crippen LogP contribution in [0, 0.1) is 5.92 Å². The lowest BCUT2D eigenvalue weighted by Crippen LogP contribution is -2.36. The number of alkyl halides is 3. The van der Waals surface area contributed by atoms with E-state index in [1.807, 2.05) is 6.92 Å². The molecule has 17 heavy (non-hydrogen) atoms. The molecule has 2 atom stereocenters. The van der Waals surface area contributed by atoms with Crippen LogP contribution in [0.1, 0.15) is 39.0 Å². The number of aliphatic hydroxyl groups excluding tert-OH is 1. The summed E-state index contributed by atoms with van der Waals surface area (Å²) < 4.78 is 36.9. The Morgan fingerprint density at radius 2 is 1.94 bits per heavy atom. The van der Waals surface area contributed by atoms with Gasteiger partial charge in [-0.15, -0.1) is 0 Å². The van der Waals surface area contributed by atoms with Crippen molar-refractivity contribution in [1.29, 1.82) is 0 Å². The number of hydrogen-bond donors (Lipinski definition) is 1. The van der Waals surface area contributed by atoms with Gasteiger partial charge in [-0.3, -0.25) is 4.90 Å². The standard InChI is InChI=1S/C12H22F3NO/c1-2-7-16(9-12(13,14)15)8-6-10-4-3-5-11(10)17/h10-11,17H,2-9H2,1H3. The van der Waals surface area contributed by atoms with Crippen LogP contribution in [0.5, 0.6) is 0 Å². The van der Waals surface area contributed by atoms with Gasteiger partial charge in [-0.2, -0.15) is 13.2 Å². The first kappa shape index (κ1) is 14.8. The fourth-order valence-corrected chi connectivity index (χ4v) is 2.54. The zero-order valence-electron chi connectivity index (χ0n) is 10.3. The number of nitrogens with zero attached hydrogens (tertiary/aromatic N) is 1. The summed E-state index contributed by atoms with van der Waals surface area (Å²) in [7, 11) is 0. The Kier molecular flexibility index (Phi) is 5.73. The Hall–Kier alpha value is -0.290. The predicted octanol–water partition coefficient (Wildman–Crippen LogP) is 2.81. The van der Waals surface area contributed by atoms with Gasteiger partial charge in [-0.1, -0.05) is 13.3 Å². The average molecular weight is 253 g/mol. The van der Waals surface area contributed by atoms with Crippen molar-refractivity contribution < 1.29 is 18.3 Å². The Morgan fingerprint density at radius 3 is 2.41 bits per heavy atom. The summed E-state index contributed by atoms with van der Waals surface area (Å²) in [6.07, 6.45) is -0.266. The molecule has 0 radical (unpaired) electrons. The molecule has 102 valence electrons. The van der Waals surface area contributed by atoms with Gasteiger partial charge in [0.05, 0.1) is 12.6 Å². The highest BCUT2D eigenvalue weighted by Crippen LogP contribution is 2.28. The summed E-state index contributed by atoms with van der Waals surface area (Å²) in [6.45, 7) is 1.97. The van der Waals surface area contributed by atoms with Crippen molar-refractivity contribution in [3.63, 3.8) is 0 Å². The molecule has 0 aliphatic heterocycles. The summed E-state index contributed by atoms with van der Waals surface area (Å²) in [5.41, 5.74) is 0. The molecular weight excluding hydrogens is 231 g/mol. The quantitative estimate of drug-likeness (QED) is 0.787. The maximum Gasteiger partial charge on any atom is 0.401 e. The Morgan fingerprint density at radius 1 is 1.24 bits per heavy atom. The van der Waals surface area contributed by atoms with Gasteiger partial charge in [0.1, 0.15) is 0 Å². The molecule has 1 saturated carbocycles. The van der Waals surface area contributed by atoms with Crippen molar-refractivity contribution in [3.05, 3.63) is 0 Å². The van der Waals surface area contributed by atoms with Crippen LogP contribution < -0.4 is 0 Å². The van der Waals surface area contributed by atoms with Crippen LogP contribution in [0.4, 0.5) is 13.2 Å². The molecule has 2 unspecified atom stereocenters. The molecule has 0 bridgehead atoms. The van der Waals surface area contributed by atoms with E-state index in [9.17, 15) is 18.3 Å². The fourth-order valence-electron chi connectivity index (χ4n) is 2.54. The van der Waals surface area contributed by atoms with Crippen LogP contribution in [0.25, 0.3) is 0 Å². The van der Waals surface area contributed by atoms with Crippen LogP contribution >= 0.6 is 0 Å². The van der Waals surface area contributed by atoms with Crippen molar-refractivity contribution in [3.8, 4) is 0 Å². The van der Waals surface area contributed by atoms with E-state index in [2.05, 4.69) is 0 Å². The minimum Gasteiger partial charge on any atom is -0.393 e. The van der Waals surface area contributed by atoms with E-state index in [1.165, 1.54) is 4.90 Å². The number of rotatable bonds is 6. The maximum absolute atomic E-state index is 12.3. The van der Waals surface area contributed by atoms with Gasteiger partial charge >= 0.3 is 6.18 Å². The zero-order chi connectivity index (χ0) is 12.9. The second kappa shape index (κ2) is 6.59. The summed E-state index contributed by atoms with van der Waals surface area (Å²) in [5, 5.41) is 9.62. The molecule has 0 aromatic rings. The van der Waals surface area contributed by atoms with Gasteiger partial charge < -0.3 is 5.11 Å². The molecule has 0 heterocycles. The van der Waals surface area contributed by atoms with E-state index in [-0.39, 0.29) is 12.0 Å². The predicted molar refractivity (Wildman–Crippen MR) is 60.8 cm³/mol. The second-order valence-electron chi connectivity index (χ2n) is 4.94. The fraction of sp³-hybridized carbons (Fsp3) is 1.00. The highest BCUT2D eigenvalue weighted by Gasteiger charge is 2.31. The van der Waals surface area contributed by atoms with Crippen molar-refractivity contribution in [2.75, 3.05) is 19.6 Å². The SMILES string of the molecule is CCCN(CCC1CCCC1O)CC(F)(F)F. The zero-order valence-corrected chi connectivity index (χ0v) is 10.3. The largest absolute Gasteiger partial charge is 0.401 e. The third kappa shape index (κ3) is 5.73. The van der Waals surface area contributed by atoms with Crippen LogP contribution in [-0.2, 0) is 0 Å². The smallest absolute Gasteiger partial charge is 0.393 e. The third-order valence-corrected chi connectivity index (χ3v) is 3.38. The van der Waals surface area contributed by atoms with Crippen LogP contribution in [0.3, 0.4) is 0 Å². The van der Waals surface area contributed by atoms with Crippen LogP contribution in [-0.4, -0.2) is 41.9 Å². The lowest BCUT2D eigenvalue weighted by Gasteiger charge is -2.25. The Bertz CT molecular complexity index is 220. The van der Waals surface area contributed by atoms with E-state index < -0.39 is 12.7 Å². The molecule has 0 spiro atoms. The first-order chi connectivity index (χ1) is 7.92. The van der Waals surface area contributed by atoms with Gasteiger partial charge in [0.15, 0.2) is 0 Å². The van der Waals surface area contributed by atoms with E-state index in [1.54, 1.807) is 0 Å². The van der Waals surface area contributed by atoms with Gasteiger partial charge in [0.25, 0.3) is 0 Å². The third-order valence-electron chi connectivity index (χ3n) is 3.38. The lowest BCUT2D eigenvalue weighted by molar-refractivity contribution is -0.146. The number of hydrogen-bond acceptors (Lipinski definition) is 2. The number of halogens is 3. The molecule has 2 nitrogen and oxygen atoms in total. The summed E-state index contributed by atoms with van der Waals surface area (Å²) in [6, 6.07) is 0. The summed E-state index contributed by atoms with van der Waals surface area (Å²) >= 11 is 0. The molecule has 1 rings (SSSR count). The molecule has 1 N–H and O–H groups in total. The van der Waals surface area contributed by atoms with E-state index in [4.69, 9.17) is 0 Å². The minimum atomic E-state index is -4.12. The normalized spacial score (nSPS) is 25.8. The molecule has 0 amide bonds. The topological polar surface area (TPSA) is 23.5 Å². The molecule has 1 aliphatic rings. The van der Waals surface area contributed by atoms with Gasteiger partial charge in [-0.25, -0.2) is 0 Å². The van der Waals surface area contributed by atoms with Gasteiger partial charge in [-0.05, 0) is 44.7 Å². The molecule has 0 aromatic carbocycles. The average Bonchev–Trinajstić information content (AvgIpc) is 2.59. The molecule has 0 aromatic heterocycles. The van der Waals surface area contributed by atoms with Crippen molar-refractivity contribution >= 4 is 0 Å². The monoisotopic (exact) mass is 253 g/mol. The first-order valence-electron chi connectivity index (χ1n) is 6.39. The molecule has 1 aliphatic carbocycles. The van der Waals surface area contributed by atoms with E-state index in [0.29, 0.717) is 19.5 Å². The van der Waals surface area contributed by atoms with Gasteiger partial charge in [0, 0.05) is 0 Å². The minimum absolute atomic E-state index is 0.197. The van der Waals surface area contributed by atoms with E-state index in [0.717, 1.165) is 25.7 Å². The van der Waals surface area contributed by atoms with Crippen LogP contribution in [0.2, 0.25) is 0 Å². The summed E-state index contributed by atoms with van der Waals surface area (Å²) in [4.78, 5) is 1.45. The van der Waals surface area contributed by atoms with Crippen molar-refractivity contribution in [1.82, 2.24) is 4.90 Å². The second-order valence-corrected chi connectivity index (χ2v) is 4.94. The highest BCUT2D eigenvalue weighted by molar-refractivity contribution is 4.78. The van der Waals surface area contributed by atoms with Crippen LogP contribution in [0.15, 0.2) is 0 Å². The maximum atomic E-state index is 12.3. The Labute approximate surface area is 101 Å². The highest BCUT2D eigenvalue weighted by atomic mass is 19.4. The summed E-state index contributed by atoms with van der Waals surface area (Å²) in [5.74, 6) is 0.197. The van der Waals surface area contributed by atoms with Crippen molar-refractivity contribution in [2.45, 2.75) is 51.3 Å². The molecular formula is C12H22F3NO. The van der Waals surface area contributed by atoms with Gasteiger partial charge in [0.2, 0.25) is 0 Å². The molecule has 0 saturated heterocycles. The van der Waals surface area contributed by atoms with Crippen molar-refractivity contribution in [2.24, 2.45) is 5.92 Å². The molecule has 5 heteroatoms. The van der Waals surface area contributed by atoms with E-state index >= 15 is 0 Å².